The highest BCUT2D eigenvalue weighted by molar-refractivity contribution is 5.79. The van der Waals surface area contributed by atoms with Crippen molar-refractivity contribution in [1.82, 2.24) is 0 Å². The fraction of sp³-hybridized carbons (Fsp3) is 0.133. The van der Waals surface area contributed by atoms with Crippen molar-refractivity contribution in [3.05, 3.63) is 53.8 Å². The van der Waals surface area contributed by atoms with Gasteiger partial charge in [-0.25, -0.2) is 4.39 Å². The van der Waals surface area contributed by atoms with E-state index in [0.29, 0.717) is 17.8 Å². The first kappa shape index (κ1) is 11.5. The highest BCUT2D eigenvalue weighted by Crippen LogP contribution is 2.36. The summed E-state index contributed by atoms with van der Waals surface area (Å²) in [5.74, 6) is -0.252. The molecule has 0 atom stereocenters. The molecule has 2 aromatic carbocycles. The summed E-state index contributed by atoms with van der Waals surface area (Å²) >= 11 is 0. The Morgan fingerprint density at radius 3 is 2.79 bits per heavy atom. The molecule has 0 radical (unpaired) electrons. The minimum Gasteiger partial charge on any atom is -0.382 e. The van der Waals surface area contributed by atoms with Crippen LogP contribution in [0.5, 0.6) is 0 Å². The quantitative estimate of drug-likeness (QED) is 0.847. The van der Waals surface area contributed by atoms with E-state index < -0.39 is 0 Å². The number of hydrogen-bond donors (Lipinski definition) is 1. The third-order valence-electron chi connectivity index (χ3n) is 3.21. The van der Waals surface area contributed by atoms with Crippen molar-refractivity contribution in [1.29, 1.82) is 5.26 Å². The minimum absolute atomic E-state index is 0.252. The summed E-state index contributed by atoms with van der Waals surface area (Å²) in [6, 6.07) is 14.2. The van der Waals surface area contributed by atoms with Crippen LogP contribution in [-0.4, -0.2) is 13.1 Å². The molecule has 0 aromatic heterocycles. The van der Waals surface area contributed by atoms with Crippen LogP contribution in [0.15, 0.2) is 42.5 Å². The van der Waals surface area contributed by atoms with E-state index in [1.807, 2.05) is 17.0 Å². The van der Waals surface area contributed by atoms with E-state index in [1.165, 1.54) is 6.07 Å². The van der Waals surface area contributed by atoms with E-state index in [-0.39, 0.29) is 5.82 Å². The van der Waals surface area contributed by atoms with Gasteiger partial charge in [-0.05, 0) is 30.3 Å². The topological polar surface area (TPSA) is 39.1 Å². The van der Waals surface area contributed by atoms with Crippen molar-refractivity contribution >= 4 is 17.1 Å². The van der Waals surface area contributed by atoms with Crippen LogP contribution in [0.2, 0.25) is 0 Å². The molecule has 0 aliphatic carbocycles. The van der Waals surface area contributed by atoms with Crippen molar-refractivity contribution in [3.8, 4) is 6.07 Å². The first-order valence-electron chi connectivity index (χ1n) is 6.09. The summed E-state index contributed by atoms with van der Waals surface area (Å²) in [5.41, 5.74) is 2.88. The molecule has 3 nitrogen and oxygen atoms in total. The molecule has 2 aromatic rings. The lowest BCUT2D eigenvalue weighted by atomic mass is 10.1. The average Bonchev–Trinajstić information content (AvgIpc) is 2.47. The van der Waals surface area contributed by atoms with E-state index >= 15 is 0 Å². The molecule has 0 saturated heterocycles. The number of benzene rings is 2. The van der Waals surface area contributed by atoms with Gasteiger partial charge in [-0.3, -0.25) is 0 Å². The summed E-state index contributed by atoms with van der Waals surface area (Å²) < 4.78 is 13.9. The molecule has 0 spiro atoms. The van der Waals surface area contributed by atoms with Gasteiger partial charge in [0.2, 0.25) is 0 Å². The van der Waals surface area contributed by atoms with Gasteiger partial charge in [-0.2, -0.15) is 5.26 Å². The van der Waals surface area contributed by atoms with Crippen molar-refractivity contribution in [2.24, 2.45) is 0 Å². The van der Waals surface area contributed by atoms with E-state index in [9.17, 15) is 4.39 Å². The Balaban J connectivity index is 2.12. The number of rotatable bonds is 1. The maximum absolute atomic E-state index is 13.9. The fourth-order valence-corrected chi connectivity index (χ4v) is 2.32. The Kier molecular flexibility index (Phi) is 2.81. The zero-order chi connectivity index (χ0) is 13.2. The second-order valence-corrected chi connectivity index (χ2v) is 4.37. The van der Waals surface area contributed by atoms with Gasteiger partial charge in [0, 0.05) is 13.1 Å². The van der Waals surface area contributed by atoms with E-state index in [0.717, 1.165) is 17.9 Å². The highest BCUT2D eigenvalue weighted by atomic mass is 19.1. The monoisotopic (exact) mass is 253 g/mol. The number of para-hydroxylation sites is 1. The number of fused-ring (bicyclic) bond motifs is 1. The summed E-state index contributed by atoms with van der Waals surface area (Å²) in [6.07, 6.45) is 0. The zero-order valence-electron chi connectivity index (χ0n) is 10.2. The SMILES string of the molecule is N#Cc1ccc2c(c1)N(c1ccccc1F)CCN2. The van der Waals surface area contributed by atoms with Crippen LogP contribution >= 0.6 is 0 Å². The lowest BCUT2D eigenvalue weighted by Crippen LogP contribution is -2.30. The van der Waals surface area contributed by atoms with Crippen LogP contribution < -0.4 is 10.2 Å². The van der Waals surface area contributed by atoms with Crippen LogP contribution in [0.4, 0.5) is 21.5 Å². The molecule has 0 fully saturated rings. The minimum atomic E-state index is -0.252. The smallest absolute Gasteiger partial charge is 0.146 e. The normalized spacial score (nSPS) is 13.4. The third-order valence-corrected chi connectivity index (χ3v) is 3.21. The first-order chi connectivity index (χ1) is 9.29. The van der Waals surface area contributed by atoms with Gasteiger partial charge in [0.25, 0.3) is 0 Å². The van der Waals surface area contributed by atoms with Gasteiger partial charge in [0.05, 0.1) is 28.7 Å². The van der Waals surface area contributed by atoms with E-state index in [4.69, 9.17) is 5.26 Å². The standard InChI is InChI=1S/C15H12FN3/c16-12-3-1-2-4-14(12)19-8-7-18-13-6-5-11(10-17)9-15(13)19/h1-6,9,18H,7-8H2. The number of nitrogens with zero attached hydrogens (tertiary/aromatic N) is 2. The number of halogens is 1. The van der Waals surface area contributed by atoms with Crippen LogP contribution in [-0.2, 0) is 0 Å². The molecule has 0 saturated carbocycles. The molecule has 0 bridgehead atoms. The predicted molar refractivity (Wildman–Crippen MR) is 73.1 cm³/mol. The Morgan fingerprint density at radius 1 is 1.16 bits per heavy atom. The Bertz CT molecular complexity index is 661. The summed E-state index contributed by atoms with van der Waals surface area (Å²) in [6.45, 7) is 1.41. The molecule has 3 rings (SSSR count). The van der Waals surface area contributed by atoms with Gasteiger partial charge in [-0.1, -0.05) is 12.1 Å². The summed E-state index contributed by atoms with van der Waals surface area (Å²) in [4.78, 5) is 1.90. The summed E-state index contributed by atoms with van der Waals surface area (Å²) in [7, 11) is 0. The second kappa shape index (κ2) is 4.62. The van der Waals surface area contributed by atoms with Gasteiger partial charge in [0.1, 0.15) is 5.82 Å². The fourth-order valence-electron chi connectivity index (χ4n) is 2.32. The van der Waals surface area contributed by atoms with Gasteiger partial charge < -0.3 is 10.2 Å². The Hall–Kier alpha value is -2.54. The molecule has 1 aliphatic heterocycles. The van der Waals surface area contributed by atoms with Crippen LogP contribution in [0.3, 0.4) is 0 Å². The predicted octanol–water partition coefficient (Wildman–Crippen LogP) is 3.26. The molecule has 4 heteroatoms. The largest absolute Gasteiger partial charge is 0.382 e. The van der Waals surface area contributed by atoms with Crippen LogP contribution in [0.1, 0.15) is 5.56 Å². The molecular formula is C15H12FN3. The van der Waals surface area contributed by atoms with Crippen molar-refractivity contribution in [2.75, 3.05) is 23.3 Å². The molecule has 94 valence electrons. The van der Waals surface area contributed by atoms with E-state index in [2.05, 4.69) is 11.4 Å². The highest BCUT2D eigenvalue weighted by Gasteiger charge is 2.20. The molecule has 19 heavy (non-hydrogen) atoms. The molecular weight excluding hydrogens is 241 g/mol. The number of anilines is 3. The molecule has 0 amide bonds. The maximum Gasteiger partial charge on any atom is 0.146 e. The molecule has 1 aliphatic rings. The molecule has 1 heterocycles. The van der Waals surface area contributed by atoms with Crippen LogP contribution in [0.25, 0.3) is 0 Å². The van der Waals surface area contributed by atoms with Gasteiger partial charge in [0.15, 0.2) is 0 Å². The molecule has 1 N–H and O–H groups in total. The van der Waals surface area contributed by atoms with Gasteiger partial charge in [-0.15, -0.1) is 0 Å². The number of nitrogens with one attached hydrogen (secondary N) is 1. The third kappa shape index (κ3) is 2.00. The average molecular weight is 253 g/mol. The maximum atomic E-state index is 13.9. The lowest BCUT2D eigenvalue weighted by molar-refractivity contribution is 0.624. The number of hydrogen-bond acceptors (Lipinski definition) is 3. The van der Waals surface area contributed by atoms with Crippen LogP contribution in [0, 0.1) is 17.1 Å². The molecule has 0 unspecified atom stereocenters. The lowest BCUT2D eigenvalue weighted by Gasteiger charge is -2.32. The van der Waals surface area contributed by atoms with Crippen molar-refractivity contribution < 1.29 is 4.39 Å². The van der Waals surface area contributed by atoms with Crippen molar-refractivity contribution in [2.45, 2.75) is 0 Å². The summed E-state index contributed by atoms with van der Waals surface area (Å²) in [5, 5.41) is 12.2. The second-order valence-electron chi connectivity index (χ2n) is 4.37. The number of nitriles is 1. The van der Waals surface area contributed by atoms with E-state index in [1.54, 1.807) is 24.3 Å². The first-order valence-corrected chi connectivity index (χ1v) is 6.09. The Morgan fingerprint density at radius 2 is 2.00 bits per heavy atom. The van der Waals surface area contributed by atoms with Crippen molar-refractivity contribution in [3.63, 3.8) is 0 Å². The Labute approximate surface area is 110 Å². The van der Waals surface area contributed by atoms with Gasteiger partial charge >= 0.3 is 0 Å². The zero-order valence-corrected chi connectivity index (χ0v) is 10.2.